The predicted octanol–water partition coefficient (Wildman–Crippen LogP) is 3.68. The van der Waals surface area contributed by atoms with E-state index in [1.54, 1.807) is 12.1 Å². The molecule has 2 aliphatic heterocycles. The summed E-state index contributed by atoms with van der Waals surface area (Å²) in [5.74, 6) is -0.247. The van der Waals surface area contributed by atoms with Crippen LogP contribution in [0.4, 0.5) is 23.2 Å². The Bertz CT molecular complexity index is 958. The number of nitrogens with one attached hydrogen (secondary N) is 2. The third kappa shape index (κ3) is 4.61. The van der Waals surface area contributed by atoms with Crippen LogP contribution in [0.15, 0.2) is 30.5 Å². The van der Waals surface area contributed by atoms with Crippen LogP contribution in [0, 0.1) is 5.92 Å². The maximum absolute atomic E-state index is 14.8. The van der Waals surface area contributed by atoms with Crippen LogP contribution in [0.2, 0.25) is 0 Å². The number of alkyl halides is 4. The molecule has 2 saturated heterocycles. The van der Waals surface area contributed by atoms with E-state index in [0.29, 0.717) is 50.1 Å². The Morgan fingerprint density at radius 3 is 2.71 bits per heavy atom. The minimum atomic E-state index is -4.49. The van der Waals surface area contributed by atoms with Gasteiger partial charge in [0.2, 0.25) is 5.91 Å². The van der Waals surface area contributed by atoms with Gasteiger partial charge in [0.1, 0.15) is 5.67 Å². The second-order valence-electron chi connectivity index (χ2n) is 8.66. The second-order valence-corrected chi connectivity index (χ2v) is 8.66. The molecule has 0 bridgehead atoms. The number of nitrogens with zero attached hydrogens (tertiary/aromatic N) is 2. The first kappa shape index (κ1) is 21.8. The standard InChI is InChI=1S/C22H26F4N4O/c1-14-12-30(13-17(14)29-19(31)11-21(23)6-9-27-10-7-21)18-5-4-16(22(24,25)26)20-15(18)3-2-8-28-20/h2-5,8,14,17,27H,6-7,9-13H2,1H3,(H,29,31)/t14-,17+/m1/s1. The molecule has 1 aromatic carbocycles. The predicted molar refractivity (Wildman–Crippen MR) is 111 cm³/mol. The van der Waals surface area contributed by atoms with Crippen molar-refractivity contribution in [2.24, 2.45) is 5.92 Å². The summed E-state index contributed by atoms with van der Waals surface area (Å²) >= 11 is 0. The smallest absolute Gasteiger partial charge is 0.369 e. The van der Waals surface area contributed by atoms with Crippen LogP contribution in [0.5, 0.6) is 0 Å². The normalized spacial score (nSPS) is 23.8. The van der Waals surface area contributed by atoms with E-state index in [1.807, 2.05) is 11.8 Å². The Hall–Kier alpha value is -2.42. The number of aromatic nitrogens is 1. The molecule has 2 aromatic rings. The van der Waals surface area contributed by atoms with Crippen LogP contribution in [0.1, 0.15) is 31.7 Å². The third-order valence-corrected chi connectivity index (χ3v) is 6.33. The topological polar surface area (TPSA) is 57.3 Å². The molecular formula is C22H26F4N4O. The van der Waals surface area contributed by atoms with E-state index in [4.69, 9.17) is 0 Å². The Balaban J connectivity index is 1.50. The molecule has 4 rings (SSSR count). The zero-order valence-corrected chi connectivity index (χ0v) is 17.3. The van der Waals surface area contributed by atoms with Crippen LogP contribution in [0.3, 0.4) is 0 Å². The lowest BCUT2D eigenvalue weighted by Gasteiger charge is -2.30. The number of hydrogen-bond donors (Lipinski definition) is 2. The number of carbonyl (C=O) groups is 1. The van der Waals surface area contributed by atoms with Gasteiger partial charge in [-0.25, -0.2) is 4.39 Å². The van der Waals surface area contributed by atoms with Gasteiger partial charge < -0.3 is 15.5 Å². The van der Waals surface area contributed by atoms with Gasteiger partial charge in [-0.3, -0.25) is 9.78 Å². The van der Waals surface area contributed by atoms with E-state index < -0.39 is 17.4 Å². The zero-order valence-electron chi connectivity index (χ0n) is 17.3. The number of rotatable bonds is 4. The lowest BCUT2D eigenvalue weighted by atomic mass is 9.90. The van der Waals surface area contributed by atoms with Crippen LogP contribution < -0.4 is 15.5 Å². The van der Waals surface area contributed by atoms with Gasteiger partial charge in [-0.2, -0.15) is 13.2 Å². The van der Waals surface area contributed by atoms with E-state index in [1.165, 1.54) is 12.3 Å². The van der Waals surface area contributed by atoms with Crippen molar-refractivity contribution in [2.75, 3.05) is 31.1 Å². The first-order valence-corrected chi connectivity index (χ1v) is 10.6. The van der Waals surface area contributed by atoms with Gasteiger partial charge in [0.15, 0.2) is 0 Å². The van der Waals surface area contributed by atoms with Crippen molar-refractivity contribution in [1.82, 2.24) is 15.6 Å². The maximum atomic E-state index is 14.8. The molecule has 2 atom stereocenters. The van der Waals surface area contributed by atoms with Crippen molar-refractivity contribution in [2.45, 2.75) is 44.1 Å². The molecule has 0 radical (unpaired) electrons. The average Bonchev–Trinajstić information content (AvgIpc) is 3.06. The summed E-state index contributed by atoms with van der Waals surface area (Å²) in [7, 11) is 0. The Labute approximate surface area is 178 Å². The number of carbonyl (C=O) groups excluding carboxylic acids is 1. The van der Waals surface area contributed by atoms with Gasteiger partial charge in [-0.15, -0.1) is 0 Å². The van der Waals surface area contributed by atoms with Gasteiger partial charge in [-0.05, 0) is 56.1 Å². The number of hydrogen-bond acceptors (Lipinski definition) is 4. The molecule has 3 heterocycles. The molecule has 0 spiro atoms. The van der Waals surface area contributed by atoms with Gasteiger partial charge in [0.25, 0.3) is 0 Å². The molecule has 5 nitrogen and oxygen atoms in total. The third-order valence-electron chi connectivity index (χ3n) is 6.33. The minimum absolute atomic E-state index is 0.0709. The molecule has 2 aliphatic rings. The first-order chi connectivity index (χ1) is 14.7. The van der Waals surface area contributed by atoms with Gasteiger partial charge in [0, 0.05) is 30.4 Å². The van der Waals surface area contributed by atoms with E-state index >= 15 is 0 Å². The largest absolute Gasteiger partial charge is 0.418 e. The highest BCUT2D eigenvalue weighted by atomic mass is 19.4. The monoisotopic (exact) mass is 438 g/mol. The summed E-state index contributed by atoms with van der Waals surface area (Å²) in [5, 5.41) is 6.46. The Morgan fingerprint density at radius 1 is 1.26 bits per heavy atom. The molecule has 1 amide bonds. The SMILES string of the molecule is C[C@@H]1CN(c2ccc(C(F)(F)F)c3ncccc23)C[C@@H]1NC(=O)CC1(F)CCNCC1. The Kier molecular flexibility index (Phi) is 5.81. The number of pyridine rings is 1. The van der Waals surface area contributed by atoms with Gasteiger partial charge >= 0.3 is 6.18 Å². The number of benzene rings is 1. The van der Waals surface area contributed by atoms with Crippen molar-refractivity contribution >= 4 is 22.5 Å². The number of fused-ring (bicyclic) bond motifs is 1. The van der Waals surface area contributed by atoms with Crippen LogP contribution in [-0.4, -0.2) is 48.8 Å². The summed E-state index contributed by atoms with van der Waals surface area (Å²) in [4.78, 5) is 18.4. The molecule has 0 aliphatic carbocycles. The highest BCUT2D eigenvalue weighted by Crippen LogP contribution is 2.38. The van der Waals surface area contributed by atoms with Crippen molar-refractivity contribution in [3.05, 3.63) is 36.0 Å². The number of amides is 1. The average molecular weight is 438 g/mol. The molecule has 31 heavy (non-hydrogen) atoms. The van der Waals surface area contributed by atoms with Crippen LogP contribution >= 0.6 is 0 Å². The van der Waals surface area contributed by atoms with E-state index in [-0.39, 0.29) is 29.8 Å². The lowest BCUT2D eigenvalue weighted by Crippen LogP contribution is -2.46. The molecule has 0 saturated carbocycles. The molecule has 0 unspecified atom stereocenters. The summed E-state index contributed by atoms with van der Waals surface area (Å²) in [6, 6.07) is 5.57. The number of anilines is 1. The number of piperidine rings is 1. The first-order valence-electron chi connectivity index (χ1n) is 10.6. The Morgan fingerprint density at radius 2 is 2.00 bits per heavy atom. The zero-order chi connectivity index (χ0) is 22.2. The summed E-state index contributed by atoms with van der Waals surface area (Å²) in [5.41, 5.74) is -1.68. The van der Waals surface area contributed by atoms with E-state index in [9.17, 15) is 22.4 Å². The maximum Gasteiger partial charge on any atom is 0.418 e. The van der Waals surface area contributed by atoms with Crippen LogP contribution in [-0.2, 0) is 11.0 Å². The molecule has 2 fully saturated rings. The fourth-order valence-corrected chi connectivity index (χ4v) is 4.61. The quantitative estimate of drug-likeness (QED) is 0.716. The van der Waals surface area contributed by atoms with Gasteiger partial charge in [0.05, 0.1) is 23.5 Å². The second kappa shape index (κ2) is 8.26. The van der Waals surface area contributed by atoms with Crippen molar-refractivity contribution in [1.29, 1.82) is 0 Å². The number of halogens is 4. The fourth-order valence-electron chi connectivity index (χ4n) is 4.61. The fraction of sp³-hybridized carbons (Fsp3) is 0.545. The molecule has 168 valence electrons. The molecular weight excluding hydrogens is 412 g/mol. The van der Waals surface area contributed by atoms with Crippen molar-refractivity contribution in [3.8, 4) is 0 Å². The van der Waals surface area contributed by atoms with Gasteiger partial charge in [-0.1, -0.05) is 6.92 Å². The molecule has 2 N–H and O–H groups in total. The lowest BCUT2D eigenvalue weighted by molar-refractivity contribution is -0.136. The molecule has 9 heteroatoms. The minimum Gasteiger partial charge on any atom is -0.369 e. The molecule has 1 aromatic heterocycles. The van der Waals surface area contributed by atoms with Crippen molar-refractivity contribution < 1.29 is 22.4 Å². The van der Waals surface area contributed by atoms with Crippen molar-refractivity contribution in [3.63, 3.8) is 0 Å². The highest BCUT2D eigenvalue weighted by molar-refractivity contribution is 5.94. The summed E-state index contributed by atoms with van der Waals surface area (Å²) < 4.78 is 55.0. The highest BCUT2D eigenvalue weighted by Gasteiger charge is 2.38. The summed E-state index contributed by atoms with van der Waals surface area (Å²) in [6.07, 6.45) is -2.67. The summed E-state index contributed by atoms with van der Waals surface area (Å²) in [6.45, 7) is 4.12. The van der Waals surface area contributed by atoms with E-state index in [2.05, 4.69) is 15.6 Å². The van der Waals surface area contributed by atoms with Crippen LogP contribution in [0.25, 0.3) is 10.9 Å². The van der Waals surface area contributed by atoms with E-state index in [0.717, 1.165) is 6.07 Å².